The van der Waals surface area contributed by atoms with E-state index in [2.05, 4.69) is 13.8 Å². The van der Waals surface area contributed by atoms with E-state index in [9.17, 15) is 9.90 Å². The van der Waals surface area contributed by atoms with Gasteiger partial charge in [-0.25, -0.2) is 0 Å². The predicted octanol–water partition coefficient (Wildman–Crippen LogP) is 10.4. The lowest BCUT2D eigenvalue weighted by molar-refractivity contribution is 0.0746. The van der Waals surface area contributed by atoms with Crippen LogP contribution in [0, 0.1) is 0 Å². The van der Waals surface area contributed by atoms with Crippen molar-refractivity contribution in [2.75, 3.05) is 18.8 Å². The molecule has 0 unspecified atom stereocenters. The van der Waals surface area contributed by atoms with Crippen LogP contribution in [-0.4, -0.2) is 29.0 Å². The van der Waals surface area contributed by atoms with Gasteiger partial charge in [-0.15, -0.1) is 0 Å². The normalized spacial score (nSPS) is 11.3. The number of nitrogens with zero attached hydrogens (tertiary/aromatic N) is 1. The SMILES string of the molecule is CCCCCCCCCCCCN(CCCCCCCCCCCC)C(=O)c1cc(N)c2ccccc2c1O. The molecule has 2 aromatic carbocycles. The van der Waals surface area contributed by atoms with Gasteiger partial charge in [0, 0.05) is 29.5 Å². The first kappa shape index (κ1) is 33.0. The van der Waals surface area contributed by atoms with Crippen molar-refractivity contribution in [1.82, 2.24) is 4.90 Å². The molecule has 0 saturated heterocycles. The molecule has 0 heterocycles. The minimum absolute atomic E-state index is 0.0564. The van der Waals surface area contributed by atoms with Gasteiger partial charge < -0.3 is 15.7 Å². The zero-order valence-electron chi connectivity index (χ0n) is 25.3. The van der Waals surface area contributed by atoms with Crippen molar-refractivity contribution < 1.29 is 9.90 Å². The number of nitrogens with two attached hydrogens (primary N) is 1. The number of aromatic hydroxyl groups is 1. The molecule has 2 aromatic rings. The molecular weight excluding hydrogens is 480 g/mol. The summed E-state index contributed by atoms with van der Waals surface area (Å²) in [6, 6.07) is 9.18. The van der Waals surface area contributed by atoms with Gasteiger partial charge in [-0.3, -0.25) is 4.79 Å². The van der Waals surface area contributed by atoms with Gasteiger partial charge in [-0.1, -0.05) is 154 Å². The fourth-order valence-corrected chi connectivity index (χ4v) is 5.62. The summed E-state index contributed by atoms with van der Waals surface area (Å²) in [7, 11) is 0. The van der Waals surface area contributed by atoms with E-state index in [-0.39, 0.29) is 11.7 Å². The van der Waals surface area contributed by atoms with E-state index in [0.29, 0.717) is 16.6 Å². The minimum Gasteiger partial charge on any atom is -0.506 e. The van der Waals surface area contributed by atoms with Crippen LogP contribution in [0.4, 0.5) is 5.69 Å². The highest BCUT2D eigenvalue weighted by atomic mass is 16.3. The maximum atomic E-state index is 13.7. The maximum absolute atomic E-state index is 13.7. The standard InChI is InChI=1S/C35H58N2O2/c1-3-5-7-9-11-13-15-17-19-23-27-37(28-24-20-18-16-14-12-10-8-6-4-2)35(39)32-29-33(36)30-25-21-22-26-31(30)34(32)38/h21-22,25-26,29,38H,3-20,23-24,27-28,36H2,1-2H3. The molecule has 0 saturated carbocycles. The number of amides is 1. The first-order valence-electron chi connectivity index (χ1n) is 16.4. The van der Waals surface area contributed by atoms with E-state index in [4.69, 9.17) is 5.73 Å². The first-order valence-corrected chi connectivity index (χ1v) is 16.4. The second-order valence-corrected chi connectivity index (χ2v) is 11.6. The van der Waals surface area contributed by atoms with Crippen molar-refractivity contribution in [3.05, 3.63) is 35.9 Å². The smallest absolute Gasteiger partial charge is 0.257 e. The van der Waals surface area contributed by atoms with Crippen LogP contribution in [-0.2, 0) is 0 Å². The summed E-state index contributed by atoms with van der Waals surface area (Å²) in [5.74, 6) is -0.0299. The first-order chi connectivity index (χ1) is 19.1. The Labute approximate surface area is 239 Å². The molecule has 0 bridgehead atoms. The molecule has 220 valence electrons. The molecule has 39 heavy (non-hydrogen) atoms. The fourth-order valence-electron chi connectivity index (χ4n) is 5.62. The Morgan fingerprint density at radius 2 is 1.03 bits per heavy atom. The van der Waals surface area contributed by atoms with Crippen LogP contribution in [0.3, 0.4) is 0 Å². The second kappa shape index (κ2) is 20.6. The third-order valence-electron chi connectivity index (χ3n) is 8.13. The molecular formula is C35H58N2O2. The molecule has 0 atom stereocenters. The summed E-state index contributed by atoms with van der Waals surface area (Å²) in [6.07, 6.45) is 25.6. The van der Waals surface area contributed by atoms with Crippen LogP contribution < -0.4 is 5.73 Å². The van der Waals surface area contributed by atoms with E-state index < -0.39 is 0 Å². The number of carbonyl (C=O) groups excluding carboxylic acids is 1. The van der Waals surface area contributed by atoms with Gasteiger partial charge in [0.05, 0.1) is 5.56 Å². The van der Waals surface area contributed by atoms with Crippen molar-refractivity contribution in [1.29, 1.82) is 0 Å². The number of rotatable bonds is 23. The topological polar surface area (TPSA) is 66.6 Å². The van der Waals surface area contributed by atoms with Crippen LogP contribution >= 0.6 is 0 Å². The van der Waals surface area contributed by atoms with Gasteiger partial charge in [-0.2, -0.15) is 0 Å². The van der Waals surface area contributed by atoms with Crippen LogP contribution in [0.5, 0.6) is 5.75 Å². The van der Waals surface area contributed by atoms with Crippen molar-refractivity contribution in [2.24, 2.45) is 0 Å². The maximum Gasteiger partial charge on any atom is 0.257 e. The van der Waals surface area contributed by atoms with Crippen molar-refractivity contribution in [3.63, 3.8) is 0 Å². The molecule has 4 nitrogen and oxygen atoms in total. The number of carbonyl (C=O) groups is 1. The average molecular weight is 539 g/mol. The highest BCUT2D eigenvalue weighted by Crippen LogP contribution is 2.34. The lowest BCUT2D eigenvalue weighted by Gasteiger charge is -2.24. The molecule has 0 aliphatic carbocycles. The predicted molar refractivity (Wildman–Crippen MR) is 170 cm³/mol. The second-order valence-electron chi connectivity index (χ2n) is 11.6. The minimum atomic E-state index is -0.0863. The fraction of sp³-hybridized carbons (Fsp3) is 0.686. The summed E-state index contributed by atoms with van der Waals surface area (Å²) < 4.78 is 0. The molecule has 0 aliphatic rings. The Kier molecular flexibility index (Phi) is 17.5. The number of unbranched alkanes of at least 4 members (excludes halogenated alkanes) is 18. The van der Waals surface area contributed by atoms with Gasteiger partial charge in [0.2, 0.25) is 0 Å². The molecule has 0 aliphatic heterocycles. The zero-order chi connectivity index (χ0) is 28.1. The molecule has 1 amide bonds. The van der Waals surface area contributed by atoms with Gasteiger partial charge in [0.15, 0.2) is 0 Å². The summed E-state index contributed by atoms with van der Waals surface area (Å²) >= 11 is 0. The monoisotopic (exact) mass is 538 g/mol. The van der Waals surface area contributed by atoms with Crippen LogP contribution in [0.2, 0.25) is 0 Å². The number of benzene rings is 2. The summed E-state index contributed by atoms with van der Waals surface area (Å²) in [5, 5.41) is 12.4. The molecule has 0 fully saturated rings. The van der Waals surface area contributed by atoms with Crippen LogP contribution in [0.25, 0.3) is 10.8 Å². The summed E-state index contributed by atoms with van der Waals surface area (Å²) in [6.45, 7) is 6.03. The van der Waals surface area contributed by atoms with E-state index >= 15 is 0 Å². The number of hydrogen-bond donors (Lipinski definition) is 2. The molecule has 0 aromatic heterocycles. The number of phenols is 1. The molecule has 0 spiro atoms. The van der Waals surface area contributed by atoms with E-state index in [1.54, 1.807) is 6.07 Å². The van der Waals surface area contributed by atoms with Crippen molar-refractivity contribution in [3.8, 4) is 5.75 Å². The summed E-state index contributed by atoms with van der Waals surface area (Å²) in [4.78, 5) is 15.6. The third-order valence-corrected chi connectivity index (χ3v) is 8.13. The molecule has 4 heteroatoms. The Balaban J connectivity index is 1.85. The number of fused-ring (bicyclic) bond motifs is 1. The third kappa shape index (κ3) is 12.7. The number of nitrogen functional groups attached to an aromatic ring is 1. The number of anilines is 1. The largest absolute Gasteiger partial charge is 0.506 e. The van der Waals surface area contributed by atoms with Gasteiger partial charge in [0.25, 0.3) is 5.91 Å². The Hall–Kier alpha value is -2.23. The lowest BCUT2D eigenvalue weighted by Crippen LogP contribution is -2.33. The Bertz CT molecular complexity index is 902. The lowest BCUT2D eigenvalue weighted by atomic mass is 10.0. The Morgan fingerprint density at radius 1 is 0.641 bits per heavy atom. The molecule has 3 N–H and O–H groups in total. The Morgan fingerprint density at radius 3 is 1.46 bits per heavy atom. The van der Waals surface area contributed by atoms with Gasteiger partial charge in [-0.05, 0) is 18.9 Å². The van der Waals surface area contributed by atoms with E-state index in [1.807, 2.05) is 29.2 Å². The molecule has 0 radical (unpaired) electrons. The number of phenolic OH excluding ortho intramolecular Hbond substituents is 1. The quantitative estimate of drug-likeness (QED) is 0.0840. The van der Waals surface area contributed by atoms with E-state index in [1.165, 1.54) is 103 Å². The zero-order valence-corrected chi connectivity index (χ0v) is 25.3. The van der Waals surface area contributed by atoms with Crippen molar-refractivity contribution in [2.45, 2.75) is 142 Å². The van der Waals surface area contributed by atoms with Crippen molar-refractivity contribution >= 4 is 22.4 Å². The van der Waals surface area contributed by atoms with Crippen LogP contribution in [0.15, 0.2) is 30.3 Å². The summed E-state index contributed by atoms with van der Waals surface area (Å²) in [5.41, 5.74) is 7.18. The van der Waals surface area contributed by atoms with E-state index in [0.717, 1.165) is 44.2 Å². The average Bonchev–Trinajstić information content (AvgIpc) is 2.95. The van der Waals surface area contributed by atoms with Crippen LogP contribution in [0.1, 0.15) is 153 Å². The highest BCUT2D eigenvalue weighted by molar-refractivity contribution is 6.07. The highest BCUT2D eigenvalue weighted by Gasteiger charge is 2.21. The molecule has 2 rings (SSSR count). The van der Waals surface area contributed by atoms with Gasteiger partial charge in [0.1, 0.15) is 5.75 Å². The van der Waals surface area contributed by atoms with Gasteiger partial charge >= 0.3 is 0 Å². The number of hydrogen-bond acceptors (Lipinski definition) is 3.